The largest absolute Gasteiger partial charge is 0.393 e. The SMILES string of the molecule is O=C1OC(=O)C2C1C1C3CC(C4CC3C3C4C4C5C(=O)OC(=O)C5C34)C21. The number of hydrogen-bond donors (Lipinski definition) is 0. The summed E-state index contributed by atoms with van der Waals surface area (Å²) in [5, 5.41) is 0. The molecule has 14 unspecified atom stereocenters. The second-order valence-corrected chi connectivity index (χ2v) is 10.2. The number of carbonyl (C=O) groups is 4. The van der Waals surface area contributed by atoms with Crippen LogP contribution in [0.3, 0.4) is 0 Å². The van der Waals surface area contributed by atoms with Gasteiger partial charge in [0.25, 0.3) is 0 Å². The van der Waals surface area contributed by atoms with Gasteiger partial charge >= 0.3 is 23.9 Å². The van der Waals surface area contributed by atoms with Gasteiger partial charge in [0.05, 0.1) is 23.7 Å². The highest BCUT2D eigenvalue weighted by atomic mass is 16.6. The molecule has 134 valence electrons. The van der Waals surface area contributed by atoms with E-state index in [-0.39, 0.29) is 47.5 Å². The average Bonchev–Trinajstić information content (AvgIpc) is 3.11. The van der Waals surface area contributed by atoms with Gasteiger partial charge in [-0.1, -0.05) is 0 Å². The molecule has 26 heavy (non-hydrogen) atoms. The van der Waals surface area contributed by atoms with Gasteiger partial charge in [-0.3, -0.25) is 19.2 Å². The second-order valence-electron chi connectivity index (χ2n) is 10.2. The molecule has 0 aromatic carbocycles. The van der Waals surface area contributed by atoms with Gasteiger partial charge in [0.1, 0.15) is 0 Å². The van der Waals surface area contributed by atoms with Gasteiger partial charge in [-0.2, -0.15) is 0 Å². The Morgan fingerprint density at radius 2 is 0.769 bits per heavy atom. The molecule has 8 aliphatic rings. The average molecular weight is 354 g/mol. The van der Waals surface area contributed by atoms with Crippen molar-refractivity contribution < 1.29 is 28.7 Å². The van der Waals surface area contributed by atoms with Crippen molar-refractivity contribution in [3.8, 4) is 0 Å². The maximum absolute atomic E-state index is 12.2. The molecule has 0 amide bonds. The molecule has 8 rings (SSSR count). The number of esters is 4. The van der Waals surface area contributed by atoms with E-state index in [1.807, 2.05) is 0 Å². The maximum atomic E-state index is 12.2. The lowest BCUT2D eigenvalue weighted by molar-refractivity contribution is -0.212. The van der Waals surface area contributed by atoms with Crippen molar-refractivity contribution in [2.45, 2.75) is 12.8 Å². The van der Waals surface area contributed by atoms with Crippen molar-refractivity contribution in [1.29, 1.82) is 0 Å². The lowest BCUT2D eigenvalue weighted by Crippen LogP contribution is -2.67. The molecule has 6 nitrogen and oxygen atoms in total. The van der Waals surface area contributed by atoms with Gasteiger partial charge in [-0.15, -0.1) is 0 Å². The zero-order chi connectivity index (χ0) is 17.2. The van der Waals surface area contributed by atoms with Gasteiger partial charge in [0.15, 0.2) is 0 Å². The zero-order valence-corrected chi connectivity index (χ0v) is 13.9. The molecule has 0 spiro atoms. The molecule has 2 aliphatic heterocycles. The quantitative estimate of drug-likeness (QED) is 0.469. The smallest absolute Gasteiger partial charge is 0.317 e. The number of carbonyl (C=O) groups excluding carboxylic acids is 4. The third-order valence-electron chi connectivity index (χ3n) is 10.3. The van der Waals surface area contributed by atoms with E-state index >= 15 is 0 Å². The Hall–Kier alpha value is -1.72. The van der Waals surface area contributed by atoms with Gasteiger partial charge < -0.3 is 9.47 Å². The van der Waals surface area contributed by atoms with Crippen molar-refractivity contribution in [3.63, 3.8) is 0 Å². The molecule has 0 N–H and O–H groups in total. The molecule has 8 fully saturated rings. The second kappa shape index (κ2) is 3.65. The summed E-state index contributed by atoms with van der Waals surface area (Å²) < 4.78 is 9.92. The molecular formula is C20H18O6. The lowest BCUT2D eigenvalue weighted by atomic mass is 9.36. The molecule has 2 saturated heterocycles. The third-order valence-corrected chi connectivity index (χ3v) is 10.3. The van der Waals surface area contributed by atoms with Crippen LogP contribution >= 0.6 is 0 Å². The topological polar surface area (TPSA) is 86.7 Å². The van der Waals surface area contributed by atoms with E-state index in [4.69, 9.17) is 9.47 Å². The van der Waals surface area contributed by atoms with Crippen molar-refractivity contribution in [2.75, 3.05) is 0 Å². The van der Waals surface area contributed by atoms with Crippen molar-refractivity contribution in [1.82, 2.24) is 0 Å². The van der Waals surface area contributed by atoms with E-state index in [2.05, 4.69) is 0 Å². The zero-order valence-electron chi connectivity index (χ0n) is 13.9. The van der Waals surface area contributed by atoms with Crippen molar-refractivity contribution in [2.24, 2.45) is 82.9 Å². The van der Waals surface area contributed by atoms with E-state index in [1.165, 1.54) is 6.42 Å². The monoisotopic (exact) mass is 354 g/mol. The van der Waals surface area contributed by atoms with Crippen molar-refractivity contribution in [3.05, 3.63) is 0 Å². The van der Waals surface area contributed by atoms with Crippen LogP contribution < -0.4 is 0 Å². The van der Waals surface area contributed by atoms with Crippen LogP contribution in [0.25, 0.3) is 0 Å². The summed E-state index contributed by atoms with van der Waals surface area (Å²) >= 11 is 0. The number of ether oxygens (including phenoxy) is 2. The number of hydrogen-bond acceptors (Lipinski definition) is 6. The lowest BCUT2D eigenvalue weighted by Gasteiger charge is -2.65. The van der Waals surface area contributed by atoms with E-state index < -0.39 is 0 Å². The molecule has 14 atom stereocenters. The first-order chi connectivity index (χ1) is 12.6. The predicted octanol–water partition coefficient (Wildman–Crippen LogP) is 0.642. The van der Waals surface area contributed by atoms with Crippen LogP contribution in [0.1, 0.15) is 12.8 Å². The number of fused-ring (bicyclic) bond motifs is 7. The minimum absolute atomic E-state index is 0.186. The highest BCUT2D eigenvalue weighted by Crippen LogP contribution is 2.82. The molecule has 0 aromatic rings. The summed E-state index contributed by atoms with van der Waals surface area (Å²) in [7, 11) is 0. The molecule has 6 aliphatic carbocycles. The van der Waals surface area contributed by atoms with Gasteiger partial charge in [-0.25, -0.2) is 0 Å². The molecule has 0 radical (unpaired) electrons. The Bertz CT molecular complexity index is 792. The fraction of sp³-hybridized carbons (Fsp3) is 0.800. The molecule has 6 heteroatoms. The standard InChI is InChI=1S/C20H18O6/c21-17-13-9-5-2-6(10(9)14(13)18(22)25-17)4-1-3(5)7-8(4)12-11(7)15-16(12)20(24)26-19(15)23/h3-16H,1-2H2. The van der Waals surface area contributed by atoms with E-state index in [1.54, 1.807) is 0 Å². The fourth-order valence-electron chi connectivity index (χ4n) is 10.0. The van der Waals surface area contributed by atoms with Gasteiger partial charge in [0.2, 0.25) is 0 Å². The van der Waals surface area contributed by atoms with Crippen LogP contribution in [-0.4, -0.2) is 23.9 Å². The first-order valence-electron chi connectivity index (χ1n) is 10.1. The Morgan fingerprint density at radius 3 is 1.15 bits per heavy atom. The highest BCUT2D eigenvalue weighted by Gasteiger charge is 2.83. The summed E-state index contributed by atoms with van der Waals surface area (Å²) in [6, 6.07) is 0. The highest BCUT2D eigenvalue weighted by molar-refractivity contribution is 5.99. The Kier molecular flexibility index (Phi) is 1.89. The minimum Gasteiger partial charge on any atom is -0.393 e. The molecule has 4 bridgehead atoms. The fourth-order valence-corrected chi connectivity index (χ4v) is 10.0. The summed E-state index contributed by atoms with van der Waals surface area (Å²) in [5.74, 6) is 2.61. The number of rotatable bonds is 0. The molecule has 2 heterocycles. The van der Waals surface area contributed by atoms with Crippen LogP contribution in [0.4, 0.5) is 0 Å². The van der Waals surface area contributed by atoms with E-state index in [0.29, 0.717) is 59.2 Å². The van der Waals surface area contributed by atoms with Crippen LogP contribution in [0.5, 0.6) is 0 Å². The first-order valence-corrected chi connectivity index (χ1v) is 10.1. The van der Waals surface area contributed by atoms with Crippen LogP contribution in [0, 0.1) is 82.9 Å². The first kappa shape index (κ1) is 13.4. The van der Waals surface area contributed by atoms with Gasteiger partial charge in [0, 0.05) is 0 Å². The van der Waals surface area contributed by atoms with Crippen molar-refractivity contribution >= 4 is 23.9 Å². The minimum atomic E-state index is -0.294. The Morgan fingerprint density at radius 1 is 0.462 bits per heavy atom. The normalized spacial score (nSPS) is 67.1. The van der Waals surface area contributed by atoms with Crippen LogP contribution in [0.15, 0.2) is 0 Å². The van der Waals surface area contributed by atoms with Crippen LogP contribution in [0.2, 0.25) is 0 Å². The molecule has 0 aromatic heterocycles. The Labute approximate surface area is 148 Å². The third kappa shape index (κ3) is 1.04. The molecular weight excluding hydrogens is 336 g/mol. The van der Waals surface area contributed by atoms with E-state index in [0.717, 1.165) is 6.42 Å². The maximum Gasteiger partial charge on any atom is 0.317 e. The summed E-state index contributed by atoms with van der Waals surface area (Å²) in [6.45, 7) is 0. The summed E-state index contributed by atoms with van der Waals surface area (Å²) in [4.78, 5) is 48.5. The Balaban J connectivity index is 1.20. The number of cyclic esters (lactones) is 4. The summed E-state index contributed by atoms with van der Waals surface area (Å²) in [5.41, 5.74) is 0. The van der Waals surface area contributed by atoms with Crippen LogP contribution in [-0.2, 0) is 28.7 Å². The predicted molar refractivity (Wildman–Crippen MR) is 80.3 cm³/mol. The molecule has 6 saturated carbocycles. The van der Waals surface area contributed by atoms with Gasteiger partial charge in [-0.05, 0) is 72.0 Å². The summed E-state index contributed by atoms with van der Waals surface area (Å²) in [6.07, 6.45) is 2.31. The van der Waals surface area contributed by atoms with E-state index in [9.17, 15) is 19.2 Å².